The molecule has 7 rings (SSSR count). The van der Waals surface area contributed by atoms with E-state index in [1.54, 1.807) is 53.1 Å². The summed E-state index contributed by atoms with van der Waals surface area (Å²) in [5, 5.41) is 16.3. The van der Waals surface area contributed by atoms with Crippen molar-refractivity contribution >= 4 is 62.1 Å². The Morgan fingerprint density at radius 2 is 1.70 bits per heavy atom. The summed E-state index contributed by atoms with van der Waals surface area (Å²) in [5.41, 5.74) is 5.05. The smallest absolute Gasteiger partial charge is 0.278 e. The molecule has 1 aliphatic heterocycles. The van der Waals surface area contributed by atoms with E-state index in [1.165, 1.54) is 0 Å². The molecule has 1 atom stereocenters. The van der Waals surface area contributed by atoms with E-state index < -0.39 is 0 Å². The predicted molar refractivity (Wildman–Crippen MR) is 207 cm³/mol. The molecule has 3 aromatic heterocycles. The summed E-state index contributed by atoms with van der Waals surface area (Å²) in [6.07, 6.45) is 3.35. The maximum Gasteiger partial charge on any atom is 0.278 e. The van der Waals surface area contributed by atoms with Gasteiger partial charge in [-0.05, 0) is 59.8 Å². The number of benzene rings is 3. The second kappa shape index (κ2) is 16.9. The minimum atomic E-state index is -0.329. The summed E-state index contributed by atoms with van der Waals surface area (Å²) in [4.78, 5) is 36.6. The highest BCUT2D eigenvalue weighted by atomic mass is 35.5. The number of methoxy groups -OCH3 is 1. The number of anilines is 2. The molecule has 0 saturated carbocycles. The van der Waals surface area contributed by atoms with Gasteiger partial charge in [0.1, 0.15) is 35.1 Å². The molecule has 0 aliphatic carbocycles. The summed E-state index contributed by atoms with van der Waals surface area (Å²) in [5.74, 6) is 0.357. The lowest BCUT2D eigenvalue weighted by atomic mass is 9.92. The van der Waals surface area contributed by atoms with Gasteiger partial charge in [-0.25, -0.2) is 4.98 Å². The molecule has 0 radical (unpaired) electrons. The number of nitrogens with one attached hydrogen (secondary N) is 2. The van der Waals surface area contributed by atoms with Crippen LogP contribution in [0.1, 0.15) is 38.0 Å². The fraction of sp³-hybridized carbons (Fsp3) is 0.325. The minimum Gasteiger partial charge on any atom is -0.507 e. The molecule has 0 fully saturated rings. The molecule has 0 bridgehead atoms. The summed E-state index contributed by atoms with van der Waals surface area (Å²) >= 11 is 6.42. The van der Waals surface area contributed by atoms with Crippen molar-refractivity contribution in [3.8, 4) is 11.5 Å². The SMILES string of the molecule is COCCOCCOCCOCCOc1ccc2[nH]c(C(=O)Nc3ccc4nc(C(=O)N5C[C@@H](CCl)c6c5cc(O)c5cccc(C)c65)cn4c3)cc2c1. The van der Waals surface area contributed by atoms with Gasteiger partial charge in [0.15, 0.2) is 0 Å². The van der Waals surface area contributed by atoms with Gasteiger partial charge in [0.25, 0.3) is 11.8 Å². The number of halogens is 1. The number of phenols is 1. The molecule has 282 valence electrons. The summed E-state index contributed by atoms with van der Waals surface area (Å²) < 4.78 is 28.9. The number of fused-ring (bicyclic) bond motifs is 5. The van der Waals surface area contributed by atoms with Gasteiger partial charge in [0.2, 0.25) is 0 Å². The second-order valence-electron chi connectivity index (χ2n) is 13.0. The highest BCUT2D eigenvalue weighted by Crippen LogP contribution is 2.46. The first kappa shape index (κ1) is 37.1. The van der Waals surface area contributed by atoms with Crippen molar-refractivity contribution in [2.45, 2.75) is 12.8 Å². The molecule has 2 amide bonds. The second-order valence-corrected chi connectivity index (χ2v) is 13.3. The molecule has 3 aromatic carbocycles. The van der Waals surface area contributed by atoms with E-state index in [4.69, 9.17) is 35.3 Å². The van der Waals surface area contributed by atoms with Crippen LogP contribution in [0.3, 0.4) is 0 Å². The quantitative estimate of drug-likeness (QED) is 0.0721. The molecule has 1 aliphatic rings. The van der Waals surface area contributed by atoms with Gasteiger partial charge in [-0.1, -0.05) is 18.2 Å². The van der Waals surface area contributed by atoms with Crippen molar-refractivity contribution in [3.63, 3.8) is 0 Å². The Balaban J connectivity index is 0.950. The Labute approximate surface area is 316 Å². The standard InChI is InChI=1S/C40H42ClN5O8/c1-25-4-3-5-30-35(47)20-34-38(37(25)30)27(21-41)22-46(34)40(49)33-24-45-23-28(6-9-36(45)44-33)42-39(48)32-19-26-18-29(7-8-31(26)43-32)54-17-16-53-15-14-52-13-12-51-11-10-50-2/h3-9,18-20,23-24,27,43,47H,10-17,21-22H2,1-2H3,(H,42,48)/t27-/m1/s1. The molecular formula is C40H42ClN5O8. The Bertz CT molecular complexity index is 2290. The highest BCUT2D eigenvalue weighted by molar-refractivity contribution is 6.19. The van der Waals surface area contributed by atoms with Crippen LogP contribution in [0.2, 0.25) is 0 Å². The number of aryl methyl sites for hydroxylation is 1. The topological polar surface area (TPSA) is 149 Å². The van der Waals surface area contributed by atoms with Crippen molar-refractivity contribution in [3.05, 3.63) is 95.6 Å². The number of imidazole rings is 1. The summed E-state index contributed by atoms with van der Waals surface area (Å²) in [6.45, 7) is 6.19. The van der Waals surface area contributed by atoms with Crippen LogP contribution >= 0.6 is 11.6 Å². The zero-order valence-corrected chi connectivity index (χ0v) is 30.9. The first-order valence-corrected chi connectivity index (χ1v) is 18.3. The number of rotatable bonds is 17. The molecule has 0 saturated heterocycles. The Morgan fingerprint density at radius 3 is 2.46 bits per heavy atom. The fourth-order valence-corrected chi connectivity index (χ4v) is 7.00. The average molecular weight is 756 g/mol. The predicted octanol–water partition coefficient (Wildman–Crippen LogP) is 6.29. The van der Waals surface area contributed by atoms with Crippen molar-refractivity contribution in [1.82, 2.24) is 14.4 Å². The molecule has 4 heterocycles. The third kappa shape index (κ3) is 8.00. The van der Waals surface area contributed by atoms with Crippen LogP contribution < -0.4 is 15.0 Å². The van der Waals surface area contributed by atoms with E-state index in [-0.39, 0.29) is 29.2 Å². The minimum absolute atomic E-state index is 0.101. The highest BCUT2D eigenvalue weighted by Gasteiger charge is 2.36. The monoisotopic (exact) mass is 755 g/mol. The number of carbonyl (C=O) groups excluding carboxylic acids is 2. The van der Waals surface area contributed by atoms with Gasteiger partial charge in [-0.15, -0.1) is 11.6 Å². The van der Waals surface area contributed by atoms with Gasteiger partial charge >= 0.3 is 0 Å². The number of phenolic OH excluding ortho intramolecular Hbond substituents is 1. The van der Waals surface area contributed by atoms with E-state index in [9.17, 15) is 14.7 Å². The van der Waals surface area contributed by atoms with Crippen LogP contribution in [0, 0.1) is 6.92 Å². The normalized spacial score (nSPS) is 14.0. The van der Waals surface area contributed by atoms with Gasteiger partial charge in [-0.2, -0.15) is 0 Å². The number of pyridine rings is 1. The molecular weight excluding hydrogens is 714 g/mol. The number of ether oxygens (including phenoxy) is 5. The van der Waals surface area contributed by atoms with Crippen molar-refractivity contribution in [1.29, 1.82) is 0 Å². The van der Waals surface area contributed by atoms with Crippen molar-refractivity contribution in [2.75, 3.05) is 82.6 Å². The number of carbonyl (C=O) groups is 2. The van der Waals surface area contributed by atoms with E-state index in [1.807, 2.05) is 43.3 Å². The zero-order chi connectivity index (χ0) is 37.6. The largest absolute Gasteiger partial charge is 0.507 e. The Hall–Kier alpha value is -5.18. The molecule has 13 nitrogen and oxygen atoms in total. The summed E-state index contributed by atoms with van der Waals surface area (Å²) in [7, 11) is 1.63. The Kier molecular flexibility index (Phi) is 11.6. The molecule has 3 N–H and O–H groups in total. The lowest BCUT2D eigenvalue weighted by Gasteiger charge is -2.17. The lowest BCUT2D eigenvalue weighted by Crippen LogP contribution is -2.30. The molecule has 54 heavy (non-hydrogen) atoms. The molecule has 0 spiro atoms. The Morgan fingerprint density at radius 1 is 0.944 bits per heavy atom. The first-order chi connectivity index (χ1) is 26.3. The van der Waals surface area contributed by atoms with Gasteiger partial charge in [0, 0.05) is 60.2 Å². The van der Waals surface area contributed by atoms with E-state index >= 15 is 0 Å². The third-order valence-electron chi connectivity index (χ3n) is 9.34. The number of amides is 2. The van der Waals surface area contributed by atoms with Gasteiger partial charge in [0.05, 0.1) is 57.6 Å². The van der Waals surface area contributed by atoms with Crippen LogP contribution in [-0.4, -0.2) is 104 Å². The van der Waals surface area contributed by atoms with Crippen LogP contribution in [0.25, 0.3) is 27.3 Å². The fourth-order valence-electron chi connectivity index (χ4n) is 6.75. The van der Waals surface area contributed by atoms with Gasteiger partial charge < -0.3 is 48.4 Å². The number of nitrogens with zero attached hydrogens (tertiary/aromatic N) is 3. The van der Waals surface area contributed by atoms with E-state index in [2.05, 4.69) is 15.3 Å². The number of hydrogen-bond acceptors (Lipinski definition) is 9. The number of aromatic amines is 1. The summed E-state index contributed by atoms with van der Waals surface area (Å²) in [6, 6.07) is 18.2. The number of H-pyrrole nitrogens is 1. The zero-order valence-electron chi connectivity index (χ0n) is 30.1. The van der Waals surface area contributed by atoms with E-state index in [0.29, 0.717) is 93.7 Å². The maximum atomic E-state index is 13.9. The van der Waals surface area contributed by atoms with Crippen LogP contribution in [-0.2, 0) is 18.9 Å². The van der Waals surface area contributed by atoms with Crippen molar-refractivity contribution < 1.29 is 38.4 Å². The number of aromatic hydroxyl groups is 1. The average Bonchev–Trinajstić information content (AvgIpc) is 3.90. The molecule has 14 heteroatoms. The number of aromatic nitrogens is 3. The van der Waals surface area contributed by atoms with Crippen molar-refractivity contribution in [2.24, 2.45) is 0 Å². The van der Waals surface area contributed by atoms with E-state index in [0.717, 1.165) is 32.8 Å². The third-order valence-corrected chi connectivity index (χ3v) is 9.71. The molecule has 0 unspecified atom stereocenters. The van der Waals surface area contributed by atoms with Gasteiger partial charge in [-0.3, -0.25) is 9.59 Å². The van der Waals surface area contributed by atoms with Crippen LogP contribution in [0.5, 0.6) is 11.5 Å². The number of hydrogen-bond donors (Lipinski definition) is 3. The first-order valence-electron chi connectivity index (χ1n) is 17.8. The van der Waals surface area contributed by atoms with Crippen LogP contribution in [0.15, 0.2) is 73.1 Å². The van der Waals surface area contributed by atoms with Crippen LogP contribution in [0.4, 0.5) is 11.4 Å². The maximum absolute atomic E-state index is 13.9. The lowest BCUT2D eigenvalue weighted by molar-refractivity contribution is 0.000169. The number of alkyl halides is 1. The molecule has 6 aromatic rings.